The highest BCUT2D eigenvalue weighted by molar-refractivity contribution is 5.73. The zero-order valence-corrected chi connectivity index (χ0v) is 6.49. The van der Waals surface area contributed by atoms with E-state index in [-0.39, 0.29) is 6.04 Å². The number of nitrogens with zero attached hydrogens (tertiary/aromatic N) is 1. The van der Waals surface area contributed by atoms with E-state index in [9.17, 15) is 4.79 Å². The second-order valence-corrected chi connectivity index (χ2v) is 3.47. The standard InChI is InChI=1S/C8H13NO2/c10-8(11)7-2-1-5-9(7)6-3-4-6/h6-7H,1-5H2,(H,10,11)/t7-/m0/s1. The van der Waals surface area contributed by atoms with E-state index in [1.165, 1.54) is 12.8 Å². The lowest BCUT2D eigenvalue weighted by atomic mass is 10.2. The second kappa shape index (κ2) is 2.48. The summed E-state index contributed by atoms with van der Waals surface area (Å²) in [5, 5.41) is 8.82. The molecule has 2 fully saturated rings. The lowest BCUT2D eigenvalue weighted by molar-refractivity contribution is -0.142. The summed E-state index contributed by atoms with van der Waals surface area (Å²) < 4.78 is 0. The van der Waals surface area contributed by atoms with E-state index in [4.69, 9.17) is 5.11 Å². The molecule has 11 heavy (non-hydrogen) atoms. The van der Waals surface area contributed by atoms with Crippen molar-refractivity contribution in [2.24, 2.45) is 0 Å². The predicted molar refractivity (Wildman–Crippen MR) is 40.4 cm³/mol. The molecule has 0 radical (unpaired) electrons. The molecule has 0 amide bonds. The van der Waals surface area contributed by atoms with Gasteiger partial charge in [-0.1, -0.05) is 0 Å². The smallest absolute Gasteiger partial charge is 0.320 e. The molecule has 1 saturated carbocycles. The fourth-order valence-corrected chi connectivity index (χ4v) is 1.90. The van der Waals surface area contributed by atoms with Gasteiger partial charge in [-0.25, -0.2) is 0 Å². The topological polar surface area (TPSA) is 40.5 Å². The van der Waals surface area contributed by atoms with Gasteiger partial charge in [0.15, 0.2) is 0 Å². The average molecular weight is 155 g/mol. The summed E-state index contributed by atoms with van der Waals surface area (Å²) in [5.74, 6) is -0.630. The Morgan fingerprint density at radius 1 is 1.36 bits per heavy atom. The number of rotatable bonds is 2. The van der Waals surface area contributed by atoms with Crippen LogP contribution >= 0.6 is 0 Å². The molecule has 0 spiro atoms. The summed E-state index contributed by atoms with van der Waals surface area (Å²) in [6.45, 7) is 1.00. The van der Waals surface area contributed by atoms with Crippen LogP contribution in [0.3, 0.4) is 0 Å². The quantitative estimate of drug-likeness (QED) is 0.638. The van der Waals surface area contributed by atoms with Crippen LogP contribution in [0.15, 0.2) is 0 Å². The number of carboxylic acids is 1. The Balaban J connectivity index is 2.01. The number of carbonyl (C=O) groups is 1. The molecule has 62 valence electrons. The van der Waals surface area contributed by atoms with Gasteiger partial charge in [-0.15, -0.1) is 0 Å². The van der Waals surface area contributed by atoms with Crippen molar-refractivity contribution in [1.82, 2.24) is 4.90 Å². The van der Waals surface area contributed by atoms with E-state index in [1.807, 2.05) is 0 Å². The first-order valence-electron chi connectivity index (χ1n) is 4.27. The van der Waals surface area contributed by atoms with Crippen molar-refractivity contribution >= 4 is 5.97 Å². The van der Waals surface area contributed by atoms with Crippen molar-refractivity contribution in [1.29, 1.82) is 0 Å². The van der Waals surface area contributed by atoms with Gasteiger partial charge in [0.2, 0.25) is 0 Å². The summed E-state index contributed by atoms with van der Waals surface area (Å²) in [7, 11) is 0. The molecule has 0 aromatic heterocycles. The summed E-state index contributed by atoms with van der Waals surface area (Å²) in [6, 6.07) is 0.445. The molecular formula is C8H13NO2. The van der Waals surface area contributed by atoms with Gasteiger partial charge in [0.05, 0.1) is 0 Å². The minimum atomic E-state index is -0.630. The molecule has 0 bridgehead atoms. The zero-order valence-electron chi connectivity index (χ0n) is 6.49. The first-order chi connectivity index (χ1) is 5.29. The van der Waals surface area contributed by atoms with Gasteiger partial charge >= 0.3 is 5.97 Å². The highest BCUT2D eigenvalue weighted by atomic mass is 16.4. The third-order valence-corrected chi connectivity index (χ3v) is 2.60. The maximum absolute atomic E-state index is 10.7. The maximum atomic E-state index is 10.7. The zero-order chi connectivity index (χ0) is 7.84. The van der Waals surface area contributed by atoms with Crippen LogP contribution in [0.5, 0.6) is 0 Å². The van der Waals surface area contributed by atoms with Crippen molar-refractivity contribution in [3.8, 4) is 0 Å². The van der Waals surface area contributed by atoms with Gasteiger partial charge < -0.3 is 5.11 Å². The van der Waals surface area contributed by atoms with Crippen molar-refractivity contribution in [3.05, 3.63) is 0 Å². The normalized spacial score (nSPS) is 32.5. The fourth-order valence-electron chi connectivity index (χ4n) is 1.90. The van der Waals surface area contributed by atoms with Crippen molar-refractivity contribution < 1.29 is 9.90 Å². The summed E-state index contributed by atoms with van der Waals surface area (Å²) in [5.41, 5.74) is 0. The van der Waals surface area contributed by atoms with Gasteiger partial charge in [0, 0.05) is 6.04 Å². The molecule has 1 saturated heterocycles. The molecule has 1 atom stereocenters. The predicted octanol–water partition coefficient (Wildman–Crippen LogP) is 0.698. The van der Waals surface area contributed by atoms with Gasteiger partial charge in [0.25, 0.3) is 0 Å². The summed E-state index contributed by atoms with van der Waals surface area (Å²) in [4.78, 5) is 12.9. The lowest BCUT2D eigenvalue weighted by Gasteiger charge is -2.19. The third-order valence-electron chi connectivity index (χ3n) is 2.60. The van der Waals surface area contributed by atoms with Gasteiger partial charge in [-0.3, -0.25) is 9.69 Å². The van der Waals surface area contributed by atoms with E-state index < -0.39 is 5.97 Å². The van der Waals surface area contributed by atoms with Crippen LogP contribution < -0.4 is 0 Å². The second-order valence-electron chi connectivity index (χ2n) is 3.47. The Labute approximate surface area is 66.0 Å². The van der Waals surface area contributed by atoms with Crippen LogP contribution in [-0.2, 0) is 4.79 Å². The highest BCUT2D eigenvalue weighted by Crippen LogP contribution is 2.33. The Bertz CT molecular complexity index is 177. The van der Waals surface area contributed by atoms with E-state index >= 15 is 0 Å². The van der Waals surface area contributed by atoms with Crippen LogP contribution in [0.25, 0.3) is 0 Å². The number of hydrogen-bond acceptors (Lipinski definition) is 2. The maximum Gasteiger partial charge on any atom is 0.320 e. The first-order valence-corrected chi connectivity index (χ1v) is 4.27. The molecule has 1 aliphatic carbocycles. The molecule has 0 aromatic carbocycles. The number of carboxylic acid groups (broad SMARTS) is 1. The largest absolute Gasteiger partial charge is 0.480 e. The Kier molecular flexibility index (Phi) is 1.60. The first kappa shape index (κ1) is 7.10. The van der Waals surface area contributed by atoms with Crippen molar-refractivity contribution in [2.45, 2.75) is 37.8 Å². The Morgan fingerprint density at radius 3 is 2.64 bits per heavy atom. The fraction of sp³-hybridized carbons (Fsp3) is 0.875. The van der Waals surface area contributed by atoms with Crippen LogP contribution in [0.2, 0.25) is 0 Å². The Morgan fingerprint density at radius 2 is 2.09 bits per heavy atom. The number of aliphatic carboxylic acids is 1. The van der Waals surface area contributed by atoms with Crippen LogP contribution in [0.4, 0.5) is 0 Å². The highest BCUT2D eigenvalue weighted by Gasteiger charge is 2.39. The van der Waals surface area contributed by atoms with Gasteiger partial charge in [-0.05, 0) is 32.2 Å². The molecule has 0 unspecified atom stereocenters. The molecule has 1 N–H and O–H groups in total. The van der Waals surface area contributed by atoms with Gasteiger partial charge in [-0.2, -0.15) is 0 Å². The number of likely N-dealkylation sites (tertiary alicyclic amines) is 1. The van der Waals surface area contributed by atoms with Crippen LogP contribution in [0.1, 0.15) is 25.7 Å². The molecule has 0 aromatic rings. The molecule has 2 rings (SSSR count). The van der Waals surface area contributed by atoms with Gasteiger partial charge in [0.1, 0.15) is 6.04 Å². The van der Waals surface area contributed by atoms with Crippen molar-refractivity contribution in [2.75, 3.05) is 6.54 Å². The molecule has 3 nitrogen and oxygen atoms in total. The molecular weight excluding hydrogens is 142 g/mol. The van der Waals surface area contributed by atoms with E-state index in [1.54, 1.807) is 0 Å². The van der Waals surface area contributed by atoms with E-state index in [2.05, 4.69) is 4.90 Å². The Hall–Kier alpha value is -0.570. The lowest BCUT2D eigenvalue weighted by Crippen LogP contribution is -2.37. The van der Waals surface area contributed by atoms with E-state index in [0.29, 0.717) is 6.04 Å². The minimum Gasteiger partial charge on any atom is -0.480 e. The minimum absolute atomic E-state index is 0.164. The molecule has 2 aliphatic rings. The van der Waals surface area contributed by atoms with Crippen LogP contribution in [-0.4, -0.2) is 34.6 Å². The summed E-state index contributed by atoms with van der Waals surface area (Å²) >= 11 is 0. The van der Waals surface area contributed by atoms with Crippen molar-refractivity contribution in [3.63, 3.8) is 0 Å². The number of hydrogen-bond donors (Lipinski definition) is 1. The molecule has 1 heterocycles. The monoisotopic (exact) mass is 155 g/mol. The third kappa shape index (κ3) is 1.25. The SMILES string of the molecule is O=C(O)[C@@H]1CCCN1C1CC1. The molecule has 1 aliphatic heterocycles. The molecule has 3 heteroatoms. The van der Waals surface area contributed by atoms with Crippen LogP contribution in [0, 0.1) is 0 Å². The average Bonchev–Trinajstić information content (AvgIpc) is 2.68. The summed E-state index contributed by atoms with van der Waals surface area (Å²) in [6.07, 6.45) is 4.34. The van der Waals surface area contributed by atoms with E-state index in [0.717, 1.165) is 19.4 Å².